The summed E-state index contributed by atoms with van der Waals surface area (Å²) in [6.07, 6.45) is 5.06. The standard InChI is InChI=1S/C18H28N2O/c1-15-4-3-5-17(12-15)20(2)14-18(8-10-21-11-9-18)13-19-16-6-7-16/h3-5,12,16,19H,6-11,13-14H2,1-2H3. The minimum Gasteiger partial charge on any atom is -0.381 e. The summed E-state index contributed by atoms with van der Waals surface area (Å²) in [7, 11) is 2.23. The molecule has 1 saturated heterocycles. The van der Waals surface area contributed by atoms with Gasteiger partial charge in [-0.3, -0.25) is 0 Å². The van der Waals surface area contributed by atoms with Gasteiger partial charge in [0.15, 0.2) is 0 Å². The molecule has 0 unspecified atom stereocenters. The van der Waals surface area contributed by atoms with Gasteiger partial charge in [-0.25, -0.2) is 0 Å². The highest BCUT2D eigenvalue weighted by Gasteiger charge is 2.35. The van der Waals surface area contributed by atoms with Crippen LogP contribution in [-0.2, 0) is 4.74 Å². The van der Waals surface area contributed by atoms with Gasteiger partial charge in [-0.2, -0.15) is 0 Å². The third-order valence-electron chi connectivity index (χ3n) is 4.91. The largest absolute Gasteiger partial charge is 0.381 e. The molecule has 2 fully saturated rings. The van der Waals surface area contributed by atoms with Crippen molar-refractivity contribution in [1.82, 2.24) is 5.32 Å². The normalized spacial score (nSPS) is 21.2. The first-order valence-electron chi connectivity index (χ1n) is 8.26. The van der Waals surface area contributed by atoms with Crippen LogP contribution in [0.1, 0.15) is 31.2 Å². The van der Waals surface area contributed by atoms with Crippen LogP contribution >= 0.6 is 0 Å². The Kier molecular flexibility index (Phi) is 4.51. The quantitative estimate of drug-likeness (QED) is 0.871. The van der Waals surface area contributed by atoms with E-state index in [1.54, 1.807) is 0 Å². The van der Waals surface area contributed by atoms with Crippen LogP contribution in [0.15, 0.2) is 24.3 Å². The second kappa shape index (κ2) is 6.37. The zero-order valence-corrected chi connectivity index (χ0v) is 13.4. The van der Waals surface area contributed by atoms with Gasteiger partial charge in [0.05, 0.1) is 0 Å². The monoisotopic (exact) mass is 288 g/mol. The summed E-state index contributed by atoms with van der Waals surface area (Å²) in [5.74, 6) is 0. The smallest absolute Gasteiger partial charge is 0.0472 e. The molecule has 1 aliphatic heterocycles. The number of anilines is 1. The molecule has 0 amide bonds. The van der Waals surface area contributed by atoms with Gasteiger partial charge in [0.1, 0.15) is 0 Å². The van der Waals surface area contributed by atoms with Gasteiger partial charge in [-0.15, -0.1) is 0 Å². The summed E-state index contributed by atoms with van der Waals surface area (Å²) in [5.41, 5.74) is 3.02. The van der Waals surface area contributed by atoms with Crippen LogP contribution in [0.5, 0.6) is 0 Å². The lowest BCUT2D eigenvalue weighted by molar-refractivity contribution is 0.0186. The van der Waals surface area contributed by atoms with Crippen LogP contribution in [0.25, 0.3) is 0 Å². The molecule has 3 heteroatoms. The fraction of sp³-hybridized carbons (Fsp3) is 0.667. The van der Waals surface area contributed by atoms with Gasteiger partial charge >= 0.3 is 0 Å². The van der Waals surface area contributed by atoms with E-state index in [4.69, 9.17) is 4.74 Å². The lowest BCUT2D eigenvalue weighted by Crippen LogP contribution is -2.47. The van der Waals surface area contributed by atoms with E-state index >= 15 is 0 Å². The Morgan fingerprint density at radius 2 is 2.05 bits per heavy atom. The summed E-state index contributed by atoms with van der Waals surface area (Å²) >= 11 is 0. The van der Waals surface area contributed by atoms with E-state index in [1.807, 2.05) is 0 Å². The fourth-order valence-corrected chi connectivity index (χ4v) is 3.30. The van der Waals surface area contributed by atoms with Gasteiger partial charge in [0.2, 0.25) is 0 Å². The summed E-state index contributed by atoms with van der Waals surface area (Å²) in [4.78, 5) is 2.42. The predicted molar refractivity (Wildman–Crippen MR) is 88.0 cm³/mol. The fourth-order valence-electron chi connectivity index (χ4n) is 3.30. The van der Waals surface area contributed by atoms with Crippen LogP contribution < -0.4 is 10.2 Å². The van der Waals surface area contributed by atoms with Crippen LogP contribution in [0.2, 0.25) is 0 Å². The minimum atomic E-state index is 0.360. The Hall–Kier alpha value is -1.06. The molecule has 1 aromatic carbocycles. The number of hydrogen-bond donors (Lipinski definition) is 1. The molecular formula is C18H28N2O. The molecule has 1 aliphatic carbocycles. The predicted octanol–water partition coefficient (Wildman–Crippen LogP) is 2.98. The molecule has 1 N–H and O–H groups in total. The van der Waals surface area contributed by atoms with Crippen molar-refractivity contribution in [2.75, 3.05) is 38.3 Å². The molecule has 2 aliphatic rings. The number of rotatable bonds is 6. The Morgan fingerprint density at radius 3 is 2.71 bits per heavy atom. The van der Waals surface area contributed by atoms with Gasteiger partial charge < -0.3 is 15.0 Å². The zero-order chi connectivity index (χ0) is 14.7. The van der Waals surface area contributed by atoms with Crippen molar-refractivity contribution in [3.63, 3.8) is 0 Å². The molecule has 0 atom stereocenters. The average molecular weight is 288 g/mol. The van der Waals surface area contributed by atoms with Gasteiger partial charge in [-0.05, 0) is 50.3 Å². The second-order valence-corrected chi connectivity index (χ2v) is 6.96. The highest BCUT2D eigenvalue weighted by Crippen LogP contribution is 2.33. The van der Waals surface area contributed by atoms with Gasteiger partial charge in [0.25, 0.3) is 0 Å². The average Bonchev–Trinajstić information content (AvgIpc) is 3.30. The molecule has 1 heterocycles. The maximum atomic E-state index is 5.61. The molecule has 0 aromatic heterocycles. The van der Waals surface area contributed by atoms with Crippen LogP contribution in [0.3, 0.4) is 0 Å². The highest BCUT2D eigenvalue weighted by molar-refractivity contribution is 5.47. The van der Waals surface area contributed by atoms with Gasteiger partial charge in [0, 0.05) is 50.5 Å². The van der Waals surface area contributed by atoms with Crippen LogP contribution in [0.4, 0.5) is 5.69 Å². The highest BCUT2D eigenvalue weighted by atomic mass is 16.5. The van der Waals surface area contributed by atoms with E-state index in [-0.39, 0.29) is 0 Å². The molecule has 0 radical (unpaired) electrons. The molecule has 0 spiro atoms. The summed E-state index contributed by atoms with van der Waals surface area (Å²) < 4.78 is 5.61. The number of hydrogen-bond acceptors (Lipinski definition) is 3. The Balaban J connectivity index is 1.67. The summed E-state index contributed by atoms with van der Waals surface area (Å²) in [6.45, 7) is 6.23. The van der Waals surface area contributed by atoms with Crippen molar-refractivity contribution < 1.29 is 4.74 Å². The molecule has 1 aromatic rings. The maximum absolute atomic E-state index is 5.61. The van der Waals surface area contributed by atoms with E-state index in [0.29, 0.717) is 5.41 Å². The maximum Gasteiger partial charge on any atom is 0.0472 e. The van der Waals surface area contributed by atoms with Crippen molar-refractivity contribution >= 4 is 5.69 Å². The first-order chi connectivity index (χ1) is 10.2. The summed E-state index contributed by atoms with van der Waals surface area (Å²) in [5, 5.41) is 3.75. The van der Waals surface area contributed by atoms with Crippen LogP contribution in [0, 0.1) is 12.3 Å². The number of aryl methyl sites for hydroxylation is 1. The molecule has 3 nitrogen and oxygen atoms in total. The molecule has 3 rings (SSSR count). The third kappa shape index (κ3) is 3.98. The van der Waals surface area contributed by atoms with Crippen molar-refractivity contribution in [3.8, 4) is 0 Å². The third-order valence-corrected chi connectivity index (χ3v) is 4.91. The van der Waals surface area contributed by atoms with Gasteiger partial charge in [-0.1, -0.05) is 12.1 Å². The second-order valence-electron chi connectivity index (χ2n) is 6.96. The zero-order valence-electron chi connectivity index (χ0n) is 13.4. The Labute approximate surface area is 128 Å². The number of nitrogens with zero attached hydrogens (tertiary/aromatic N) is 1. The van der Waals surface area contributed by atoms with E-state index < -0.39 is 0 Å². The van der Waals surface area contributed by atoms with Crippen LogP contribution in [-0.4, -0.2) is 39.4 Å². The summed E-state index contributed by atoms with van der Waals surface area (Å²) in [6, 6.07) is 9.60. The van der Waals surface area contributed by atoms with E-state index in [0.717, 1.165) is 32.3 Å². The van der Waals surface area contributed by atoms with E-state index in [9.17, 15) is 0 Å². The number of ether oxygens (including phenoxy) is 1. The Morgan fingerprint density at radius 1 is 1.29 bits per heavy atom. The van der Waals surface area contributed by atoms with Crippen molar-refractivity contribution in [2.45, 2.75) is 38.6 Å². The SMILES string of the molecule is Cc1cccc(N(C)CC2(CNC3CC3)CCOCC2)c1. The molecule has 1 saturated carbocycles. The van der Waals surface area contributed by atoms with E-state index in [2.05, 4.69) is 48.5 Å². The lowest BCUT2D eigenvalue weighted by Gasteiger charge is -2.41. The minimum absolute atomic E-state index is 0.360. The molecule has 116 valence electrons. The topological polar surface area (TPSA) is 24.5 Å². The van der Waals surface area contributed by atoms with E-state index in [1.165, 1.54) is 36.9 Å². The van der Waals surface area contributed by atoms with Crippen molar-refractivity contribution in [3.05, 3.63) is 29.8 Å². The Bertz CT molecular complexity index is 464. The number of nitrogens with one attached hydrogen (secondary N) is 1. The van der Waals surface area contributed by atoms with Crippen molar-refractivity contribution in [2.24, 2.45) is 5.41 Å². The first kappa shape index (κ1) is 14.9. The molecular weight excluding hydrogens is 260 g/mol. The first-order valence-corrected chi connectivity index (χ1v) is 8.26. The van der Waals surface area contributed by atoms with Crippen molar-refractivity contribution in [1.29, 1.82) is 0 Å². The molecule has 0 bridgehead atoms. The lowest BCUT2D eigenvalue weighted by atomic mass is 9.79. The molecule has 21 heavy (non-hydrogen) atoms. The number of benzene rings is 1.